The standard InChI is InChI=1S/C19H25N4O12PS/c1-8-5-23(19(30)21-15(8)28)16-10(24)4-9(34-16)6-32-36(31,37)33-7-11-13(26)14(27)17(35-11)22-3-2-12(25)20-18(22)29/h2-3,5,9-11,13-14,16-17,24,26-27H,4,6-7H2,1H3,(H,31,37)(H,20,25,29)(H,21,28,30)/t9-,10+,11+,13+,14+,16+,17+,36?/m0/s1. The van der Waals surface area contributed by atoms with Crippen molar-refractivity contribution < 1.29 is 38.7 Å². The summed E-state index contributed by atoms with van der Waals surface area (Å²) in [5, 5.41) is 30.9. The number of aryl methyl sites for hydroxylation is 1. The van der Waals surface area contributed by atoms with E-state index in [9.17, 15) is 39.4 Å². The Morgan fingerprint density at radius 1 is 1.03 bits per heavy atom. The maximum Gasteiger partial charge on any atom is 0.330 e. The van der Waals surface area contributed by atoms with Crippen molar-refractivity contribution in [1.82, 2.24) is 19.1 Å². The highest BCUT2D eigenvalue weighted by atomic mass is 32.5. The maximum atomic E-state index is 12.1. The Balaban J connectivity index is 1.32. The van der Waals surface area contributed by atoms with Crippen molar-refractivity contribution in [2.75, 3.05) is 13.2 Å². The summed E-state index contributed by atoms with van der Waals surface area (Å²) in [7, 11) is 0. The summed E-state index contributed by atoms with van der Waals surface area (Å²) in [5.74, 6) is 0. The van der Waals surface area contributed by atoms with E-state index in [2.05, 4.69) is 4.98 Å². The third kappa shape index (κ3) is 6.06. The van der Waals surface area contributed by atoms with Crippen molar-refractivity contribution in [1.29, 1.82) is 0 Å². The first kappa shape index (κ1) is 27.7. The fraction of sp³-hybridized carbons (Fsp3) is 0.579. The number of aromatic nitrogens is 4. The number of aliphatic hydroxyl groups is 3. The molecule has 2 aromatic heterocycles. The maximum absolute atomic E-state index is 12.1. The van der Waals surface area contributed by atoms with Gasteiger partial charge in [-0.25, -0.2) is 9.59 Å². The molecule has 4 heterocycles. The highest BCUT2D eigenvalue weighted by molar-refractivity contribution is 8.07. The van der Waals surface area contributed by atoms with Crippen LogP contribution in [0.5, 0.6) is 0 Å². The third-order valence-corrected chi connectivity index (χ3v) is 7.46. The molecule has 0 bridgehead atoms. The Kier molecular flexibility index (Phi) is 8.10. The van der Waals surface area contributed by atoms with Crippen LogP contribution in [0.2, 0.25) is 0 Å². The molecule has 1 unspecified atom stereocenters. The Morgan fingerprint density at radius 2 is 1.70 bits per heavy atom. The van der Waals surface area contributed by atoms with E-state index in [-0.39, 0.29) is 18.6 Å². The first-order chi connectivity index (χ1) is 17.4. The van der Waals surface area contributed by atoms with Crippen molar-refractivity contribution >= 4 is 18.5 Å². The van der Waals surface area contributed by atoms with Crippen molar-refractivity contribution in [2.24, 2.45) is 0 Å². The monoisotopic (exact) mass is 564 g/mol. The van der Waals surface area contributed by atoms with Gasteiger partial charge in [0.2, 0.25) is 0 Å². The second-order valence-corrected chi connectivity index (χ2v) is 11.4. The molecule has 2 fully saturated rings. The van der Waals surface area contributed by atoms with E-state index in [1.807, 2.05) is 4.98 Å². The minimum atomic E-state index is -3.92. The summed E-state index contributed by atoms with van der Waals surface area (Å²) >= 11 is 4.96. The number of aromatic amines is 2. The molecule has 204 valence electrons. The molecule has 0 saturated carbocycles. The summed E-state index contributed by atoms with van der Waals surface area (Å²) in [4.78, 5) is 61.4. The molecule has 18 heteroatoms. The van der Waals surface area contributed by atoms with Gasteiger partial charge in [0.25, 0.3) is 11.1 Å². The number of aliphatic hydroxyl groups excluding tert-OH is 3. The molecule has 0 amide bonds. The van der Waals surface area contributed by atoms with E-state index in [0.29, 0.717) is 0 Å². The summed E-state index contributed by atoms with van der Waals surface area (Å²) in [5.41, 5.74) is -2.61. The Bertz CT molecular complexity index is 1420. The molecule has 6 N–H and O–H groups in total. The van der Waals surface area contributed by atoms with Gasteiger partial charge in [-0.15, -0.1) is 0 Å². The Labute approximate surface area is 211 Å². The van der Waals surface area contributed by atoms with Gasteiger partial charge in [0.1, 0.15) is 24.4 Å². The third-order valence-electron chi connectivity index (χ3n) is 5.87. The number of rotatable bonds is 8. The molecule has 16 nitrogen and oxygen atoms in total. The van der Waals surface area contributed by atoms with Gasteiger partial charge in [-0.1, -0.05) is 0 Å². The molecular weight excluding hydrogens is 539 g/mol. The summed E-state index contributed by atoms with van der Waals surface area (Å²) in [6.07, 6.45) is -6.26. The van der Waals surface area contributed by atoms with Crippen LogP contribution in [0.3, 0.4) is 0 Å². The van der Waals surface area contributed by atoms with E-state index < -0.39 is 78.8 Å². The number of nitrogens with zero attached hydrogens (tertiary/aromatic N) is 2. The van der Waals surface area contributed by atoms with Gasteiger partial charge >= 0.3 is 18.1 Å². The molecule has 0 aliphatic carbocycles. The molecule has 2 aromatic rings. The number of hydrogen-bond donors (Lipinski definition) is 6. The number of ether oxygens (including phenoxy) is 2. The van der Waals surface area contributed by atoms with Gasteiger partial charge in [0.05, 0.1) is 19.3 Å². The predicted molar refractivity (Wildman–Crippen MR) is 126 cm³/mol. The second-order valence-electron chi connectivity index (χ2n) is 8.55. The average molecular weight is 564 g/mol. The molecule has 2 aliphatic heterocycles. The van der Waals surface area contributed by atoms with E-state index in [0.717, 1.165) is 21.4 Å². The SMILES string of the molecule is Cc1cn([C@@H]2O[C@H](COP(O)(=S)OC[C@H]3O[C@@H](n4ccc(=O)[nH]c4=O)[C@H](O)[C@@H]3O)C[C@H]2O)c(=O)[nH]c1=O. The summed E-state index contributed by atoms with van der Waals surface area (Å²) < 4.78 is 23.5. The van der Waals surface area contributed by atoms with Crippen LogP contribution < -0.4 is 22.5 Å². The molecule has 2 saturated heterocycles. The van der Waals surface area contributed by atoms with Gasteiger partial charge < -0.3 is 38.7 Å². The Morgan fingerprint density at radius 3 is 2.41 bits per heavy atom. The van der Waals surface area contributed by atoms with Crippen LogP contribution in [0.1, 0.15) is 24.4 Å². The lowest BCUT2D eigenvalue weighted by Crippen LogP contribution is -2.37. The van der Waals surface area contributed by atoms with Crippen LogP contribution in [-0.2, 0) is 30.3 Å². The highest BCUT2D eigenvalue weighted by Gasteiger charge is 2.45. The quantitative estimate of drug-likeness (QED) is 0.175. The molecule has 8 atom stereocenters. The molecule has 0 aromatic carbocycles. The number of nitrogens with one attached hydrogen (secondary N) is 2. The van der Waals surface area contributed by atoms with Crippen LogP contribution in [0.4, 0.5) is 0 Å². The van der Waals surface area contributed by atoms with Crippen molar-refractivity contribution in [2.45, 2.75) is 56.3 Å². The normalized spacial score (nSPS) is 31.4. The molecular formula is C19H25N4O12PS. The molecule has 0 radical (unpaired) electrons. The largest absolute Gasteiger partial charge is 0.388 e. The van der Waals surface area contributed by atoms with E-state index in [1.165, 1.54) is 13.1 Å². The van der Waals surface area contributed by atoms with E-state index in [4.69, 9.17) is 30.3 Å². The van der Waals surface area contributed by atoms with E-state index in [1.54, 1.807) is 0 Å². The van der Waals surface area contributed by atoms with Crippen molar-refractivity contribution in [3.8, 4) is 0 Å². The minimum Gasteiger partial charge on any atom is -0.388 e. The lowest BCUT2D eigenvalue weighted by atomic mass is 10.1. The van der Waals surface area contributed by atoms with Crippen LogP contribution in [-0.4, -0.2) is 83.0 Å². The zero-order chi connectivity index (χ0) is 27.1. The summed E-state index contributed by atoms with van der Waals surface area (Å²) in [6.45, 7) is -3.26. The molecule has 37 heavy (non-hydrogen) atoms. The van der Waals surface area contributed by atoms with Crippen molar-refractivity contribution in [3.63, 3.8) is 0 Å². The first-order valence-corrected chi connectivity index (χ1v) is 13.6. The van der Waals surface area contributed by atoms with Gasteiger partial charge in [-0.05, 0) is 18.7 Å². The highest BCUT2D eigenvalue weighted by Crippen LogP contribution is 2.45. The zero-order valence-corrected chi connectivity index (χ0v) is 20.9. The van der Waals surface area contributed by atoms with Gasteiger partial charge in [-0.3, -0.25) is 28.7 Å². The van der Waals surface area contributed by atoms with Crippen LogP contribution in [0, 0.1) is 6.92 Å². The second kappa shape index (κ2) is 10.8. The fourth-order valence-electron chi connectivity index (χ4n) is 3.97. The lowest BCUT2D eigenvalue weighted by molar-refractivity contribution is -0.0591. The van der Waals surface area contributed by atoms with Crippen molar-refractivity contribution in [3.05, 3.63) is 65.7 Å². The smallest absolute Gasteiger partial charge is 0.330 e. The molecule has 4 rings (SSSR count). The topological polar surface area (TPSA) is 228 Å². The lowest BCUT2D eigenvalue weighted by Gasteiger charge is -2.21. The number of H-pyrrole nitrogens is 2. The van der Waals surface area contributed by atoms with E-state index >= 15 is 0 Å². The minimum absolute atomic E-state index is 0.0247. The zero-order valence-electron chi connectivity index (χ0n) is 19.2. The van der Waals surface area contributed by atoms with Crippen LogP contribution in [0.25, 0.3) is 0 Å². The average Bonchev–Trinajstić information content (AvgIpc) is 3.33. The fourth-order valence-corrected chi connectivity index (χ4v) is 5.10. The first-order valence-electron chi connectivity index (χ1n) is 11.0. The van der Waals surface area contributed by atoms with Gasteiger partial charge in [-0.2, -0.15) is 0 Å². The summed E-state index contributed by atoms with van der Waals surface area (Å²) in [6, 6.07) is 1.04. The Hall–Kier alpha value is -2.31. The predicted octanol–water partition coefficient (Wildman–Crippen LogP) is -3.09. The van der Waals surface area contributed by atoms with Crippen LogP contribution >= 0.6 is 6.72 Å². The van der Waals surface area contributed by atoms with Gasteiger partial charge in [0, 0.05) is 30.4 Å². The number of hydrogen-bond acceptors (Lipinski definition) is 12. The molecule has 2 aliphatic rings. The van der Waals surface area contributed by atoms with Crippen LogP contribution in [0.15, 0.2) is 37.6 Å². The van der Waals surface area contributed by atoms with Gasteiger partial charge in [0.15, 0.2) is 12.5 Å². The molecule has 0 spiro atoms.